The molecule has 0 saturated heterocycles. The number of carbonyl (C=O) groups excluding carboxylic acids is 2. The third-order valence-electron chi connectivity index (χ3n) is 5.21. The summed E-state index contributed by atoms with van der Waals surface area (Å²) in [6.45, 7) is 9.66. The van der Waals surface area contributed by atoms with Crippen LogP contribution in [0.1, 0.15) is 39.7 Å². The van der Waals surface area contributed by atoms with Crippen LogP contribution in [0.5, 0.6) is 0 Å². The Morgan fingerprint density at radius 2 is 1.91 bits per heavy atom. The average molecular weight is 482 g/mol. The molecule has 0 saturated carbocycles. The fourth-order valence-corrected chi connectivity index (χ4v) is 3.49. The number of ether oxygens (including phenoxy) is 1. The van der Waals surface area contributed by atoms with E-state index >= 15 is 0 Å². The summed E-state index contributed by atoms with van der Waals surface area (Å²) in [7, 11) is 1.70. The number of carbonyl (C=O) groups is 2. The van der Waals surface area contributed by atoms with Crippen LogP contribution in [0.4, 0.5) is 22.3 Å². The third kappa shape index (κ3) is 6.34. The predicted octanol–water partition coefficient (Wildman–Crippen LogP) is 4.12. The molecule has 186 valence electrons. The zero-order valence-corrected chi connectivity index (χ0v) is 20.9. The topological polar surface area (TPSA) is 118 Å². The zero-order valence-electron chi connectivity index (χ0n) is 20.9. The summed E-state index contributed by atoms with van der Waals surface area (Å²) < 4.78 is 10.7. The SMILES string of the molecule is CCN(C(=O)CCN(C)c1nc2ccc(NC(=O)OC(C)(C)C)c(C)c2c(=O)o1)c1ccccn1. The maximum Gasteiger partial charge on any atom is 0.412 e. The Bertz CT molecular complexity index is 1270. The summed E-state index contributed by atoms with van der Waals surface area (Å²) in [5.74, 6) is 0.485. The number of rotatable bonds is 7. The van der Waals surface area contributed by atoms with Gasteiger partial charge in [-0.1, -0.05) is 6.07 Å². The van der Waals surface area contributed by atoms with Crippen LogP contribution < -0.4 is 20.7 Å². The number of nitrogens with one attached hydrogen (secondary N) is 1. The van der Waals surface area contributed by atoms with E-state index in [9.17, 15) is 14.4 Å². The number of amides is 2. The van der Waals surface area contributed by atoms with Gasteiger partial charge in [-0.3, -0.25) is 15.0 Å². The van der Waals surface area contributed by atoms with Crippen molar-refractivity contribution in [2.75, 3.05) is 35.3 Å². The Hall–Kier alpha value is -3.95. The summed E-state index contributed by atoms with van der Waals surface area (Å²) >= 11 is 0. The van der Waals surface area contributed by atoms with Crippen molar-refractivity contribution in [3.8, 4) is 0 Å². The fraction of sp³-hybridized carbons (Fsp3) is 0.400. The molecule has 3 aromatic rings. The zero-order chi connectivity index (χ0) is 25.8. The van der Waals surface area contributed by atoms with Crippen molar-refractivity contribution in [1.29, 1.82) is 0 Å². The standard InChI is InChI=1S/C25H31N5O5/c1-7-30(19-10-8-9-14-26-19)20(31)13-15-29(6)23-27-18-12-11-17(16(2)21(18)22(32)34-23)28-24(33)35-25(3,4)5/h8-12,14H,7,13,15H2,1-6H3,(H,28,33). The second-order valence-corrected chi connectivity index (χ2v) is 9.04. The van der Waals surface area contributed by atoms with Crippen LogP contribution in [0.25, 0.3) is 10.9 Å². The van der Waals surface area contributed by atoms with Gasteiger partial charge in [0.05, 0.1) is 10.9 Å². The summed E-state index contributed by atoms with van der Waals surface area (Å²) in [6.07, 6.45) is 1.20. The van der Waals surface area contributed by atoms with Gasteiger partial charge in [-0.05, 0) is 64.4 Å². The van der Waals surface area contributed by atoms with E-state index in [1.54, 1.807) is 75.0 Å². The first-order chi connectivity index (χ1) is 16.5. The Morgan fingerprint density at radius 3 is 2.54 bits per heavy atom. The second kappa shape index (κ2) is 10.5. The van der Waals surface area contributed by atoms with Gasteiger partial charge in [0.1, 0.15) is 11.4 Å². The molecule has 0 aliphatic carbocycles. The fourth-order valence-electron chi connectivity index (χ4n) is 3.49. The van der Waals surface area contributed by atoms with Gasteiger partial charge in [-0.2, -0.15) is 4.98 Å². The lowest BCUT2D eigenvalue weighted by Crippen LogP contribution is -2.34. The minimum absolute atomic E-state index is 0.100. The van der Waals surface area contributed by atoms with E-state index in [4.69, 9.17) is 9.15 Å². The molecule has 0 atom stereocenters. The van der Waals surface area contributed by atoms with E-state index < -0.39 is 17.3 Å². The van der Waals surface area contributed by atoms with Crippen LogP contribution in [0, 0.1) is 6.92 Å². The molecule has 0 spiro atoms. The molecule has 10 nitrogen and oxygen atoms in total. The van der Waals surface area contributed by atoms with Crippen molar-refractivity contribution >= 4 is 40.4 Å². The van der Waals surface area contributed by atoms with E-state index in [0.29, 0.717) is 35.7 Å². The number of aryl methyl sites for hydroxylation is 1. The molecule has 0 aliphatic heterocycles. The van der Waals surface area contributed by atoms with Crippen LogP contribution in [0.2, 0.25) is 0 Å². The number of benzene rings is 1. The van der Waals surface area contributed by atoms with Crippen molar-refractivity contribution in [2.45, 2.75) is 46.6 Å². The Morgan fingerprint density at radius 1 is 1.17 bits per heavy atom. The molecule has 1 N–H and O–H groups in total. The highest BCUT2D eigenvalue weighted by Gasteiger charge is 2.20. The summed E-state index contributed by atoms with van der Waals surface area (Å²) in [5, 5.41) is 2.92. The molecule has 0 radical (unpaired) electrons. The van der Waals surface area contributed by atoms with Gasteiger partial charge < -0.3 is 14.1 Å². The summed E-state index contributed by atoms with van der Waals surface area (Å²) in [6, 6.07) is 8.80. The number of fused-ring (bicyclic) bond motifs is 1. The van der Waals surface area contributed by atoms with Crippen molar-refractivity contribution in [1.82, 2.24) is 9.97 Å². The molecule has 10 heteroatoms. The third-order valence-corrected chi connectivity index (χ3v) is 5.21. The van der Waals surface area contributed by atoms with Gasteiger partial charge in [0.15, 0.2) is 0 Å². The molecule has 0 unspecified atom stereocenters. The minimum atomic E-state index is -0.651. The summed E-state index contributed by atoms with van der Waals surface area (Å²) in [4.78, 5) is 49.6. The van der Waals surface area contributed by atoms with E-state index in [1.807, 2.05) is 13.0 Å². The number of pyridine rings is 1. The number of aromatic nitrogens is 2. The molecule has 2 aromatic heterocycles. The molecule has 0 aliphatic rings. The van der Waals surface area contributed by atoms with E-state index in [1.165, 1.54) is 0 Å². The molecule has 0 fully saturated rings. The normalized spacial score (nSPS) is 11.3. The van der Waals surface area contributed by atoms with E-state index in [-0.39, 0.29) is 23.7 Å². The molecule has 3 rings (SSSR count). The van der Waals surface area contributed by atoms with Gasteiger partial charge >= 0.3 is 11.7 Å². The maximum absolute atomic E-state index is 12.8. The number of hydrogen-bond donors (Lipinski definition) is 1. The average Bonchev–Trinajstić information content (AvgIpc) is 2.79. The van der Waals surface area contributed by atoms with Crippen molar-refractivity contribution < 1.29 is 18.7 Å². The lowest BCUT2D eigenvalue weighted by atomic mass is 10.1. The van der Waals surface area contributed by atoms with E-state index in [2.05, 4.69) is 15.3 Å². The molecule has 2 heterocycles. The molecule has 35 heavy (non-hydrogen) atoms. The van der Waals surface area contributed by atoms with Crippen molar-refractivity contribution in [3.05, 3.63) is 52.5 Å². The van der Waals surface area contributed by atoms with Crippen LogP contribution in [0.3, 0.4) is 0 Å². The Labute approximate surface area is 203 Å². The largest absolute Gasteiger partial charge is 0.444 e. The Kier molecular flexibility index (Phi) is 7.73. The monoisotopic (exact) mass is 481 g/mol. The Balaban J connectivity index is 1.75. The number of nitrogens with zero attached hydrogens (tertiary/aromatic N) is 4. The lowest BCUT2D eigenvalue weighted by Gasteiger charge is -2.22. The molecule has 0 bridgehead atoms. The van der Waals surface area contributed by atoms with Gasteiger partial charge in [0.2, 0.25) is 5.91 Å². The maximum atomic E-state index is 12.8. The smallest absolute Gasteiger partial charge is 0.412 e. The molecule has 1 aromatic carbocycles. The van der Waals surface area contributed by atoms with Crippen LogP contribution in [-0.4, -0.2) is 47.7 Å². The van der Waals surface area contributed by atoms with Crippen LogP contribution in [0.15, 0.2) is 45.7 Å². The van der Waals surface area contributed by atoms with E-state index in [0.717, 1.165) is 0 Å². The lowest BCUT2D eigenvalue weighted by molar-refractivity contribution is -0.118. The highest BCUT2D eigenvalue weighted by atomic mass is 16.6. The van der Waals surface area contributed by atoms with Crippen LogP contribution in [-0.2, 0) is 9.53 Å². The van der Waals surface area contributed by atoms with Crippen LogP contribution >= 0.6 is 0 Å². The van der Waals surface area contributed by atoms with Gasteiger partial charge in [0.25, 0.3) is 6.01 Å². The second-order valence-electron chi connectivity index (χ2n) is 9.04. The van der Waals surface area contributed by atoms with Gasteiger partial charge in [-0.25, -0.2) is 14.6 Å². The first-order valence-corrected chi connectivity index (χ1v) is 11.4. The summed E-state index contributed by atoms with van der Waals surface area (Å²) in [5.41, 5.74) is 0.138. The van der Waals surface area contributed by atoms with Crippen molar-refractivity contribution in [3.63, 3.8) is 0 Å². The number of anilines is 3. The highest BCUT2D eigenvalue weighted by molar-refractivity contribution is 5.93. The first kappa shape index (κ1) is 25.7. The predicted molar refractivity (Wildman–Crippen MR) is 135 cm³/mol. The highest BCUT2D eigenvalue weighted by Crippen LogP contribution is 2.24. The number of hydrogen-bond acceptors (Lipinski definition) is 8. The van der Waals surface area contributed by atoms with Crippen molar-refractivity contribution in [2.24, 2.45) is 0 Å². The van der Waals surface area contributed by atoms with Gasteiger partial charge in [0, 0.05) is 38.4 Å². The quantitative estimate of drug-likeness (QED) is 0.535. The minimum Gasteiger partial charge on any atom is -0.444 e. The first-order valence-electron chi connectivity index (χ1n) is 11.4. The molecular weight excluding hydrogens is 450 g/mol. The van der Waals surface area contributed by atoms with Gasteiger partial charge in [-0.15, -0.1) is 0 Å². The molecular formula is C25H31N5O5. The molecule has 2 amide bonds.